The first-order chi connectivity index (χ1) is 15.0. The Morgan fingerprint density at radius 3 is 2.81 bits per heavy atom. The Balaban J connectivity index is 0.00000245. The van der Waals surface area contributed by atoms with Gasteiger partial charge in [0.25, 0.3) is 5.91 Å². The van der Waals surface area contributed by atoms with Gasteiger partial charge in [-0.1, -0.05) is 23.7 Å². The number of aromatic nitrogens is 1. The molecule has 0 bridgehead atoms. The predicted molar refractivity (Wildman–Crippen MR) is 136 cm³/mol. The molecule has 166 valence electrons. The van der Waals surface area contributed by atoms with Gasteiger partial charge < -0.3 is 15.0 Å². The lowest BCUT2D eigenvalue weighted by Crippen LogP contribution is -2.25. The first kappa shape index (κ1) is 23.0. The van der Waals surface area contributed by atoms with E-state index in [1.165, 1.54) is 10.4 Å². The molecule has 4 aromatic rings. The standard InChI is InChI=1S/C23H20ClN3O2S2.ClH/c1-27-10-9-14-19(12-27)31-23(20(14)22-25-16-5-3-4-6-18(16)30-22)26-21(28)15-11-13(24)7-8-17(15)29-2;/h3-8,11H,9-10,12H2,1-2H3,(H,26,28);1H. The van der Waals surface area contributed by atoms with Crippen LogP contribution < -0.4 is 10.1 Å². The molecule has 2 aromatic heterocycles. The van der Waals surface area contributed by atoms with Crippen molar-refractivity contribution >= 4 is 67.8 Å². The highest BCUT2D eigenvalue weighted by Crippen LogP contribution is 2.45. The molecule has 2 aromatic carbocycles. The van der Waals surface area contributed by atoms with Crippen LogP contribution in [0.4, 0.5) is 5.00 Å². The summed E-state index contributed by atoms with van der Waals surface area (Å²) < 4.78 is 6.51. The quantitative estimate of drug-likeness (QED) is 0.351. The monoisotopic (exact) mass is 505 g/mol. The molecule has 32 heavy (non-hydrogen) atoms. The van der Waals surface area contributed by atoms with E-state index >= 15 is 0 Å². The lowest BCUT2D eigenvalue weighted by atomic mass is 10.0. The first-order valence-electron chi connectivity index (χ1n) is 9.87. The van der Waals surface area contributed by atoms with Crippen molar-refractivity contribution in [1.82, 2.24) is 9.88 Å². The number of carbonyl (C=O) groups is 1. The van der Waals surface area contributed by atoms with Crippen LogP contribution in [-0.2, 0) is 13.0 Å². The number of rotatable bonds is 4. The number of anilines is 1. The van der Waals surface area contributed by atoms with Crippen molar-refractivity contribution in [2.75, 3.05) is 26.0 Å². The van der Waals surface area contributed by atoms with Crippen LogP contribution in [0.1, 0.15) is 20.8 Å². The molecular formula is C23H21Cl2N3O2S2. The molecule has 5 nitrogen and oxygen atoms in total. The summed E-state index contributed by atoms with van der Waals surface area (Å²) in [6.07, 6.45) is 0.934. The summed E-state index contributed by atoms with van der Waals surface area (Å²) >= 11 is 9.44. The molecule has 0 saturated carbocycles. The van der Waals surface area contributed by atoms with Crippen LogP contribution in [0.25, 0.3) is 20.8 Å². The zero-order valence-electron chi connectivity index (χ0n) is 17.5. The number of amides is 1. The summed E-state index contributed by atoms with van der Waals surface area (Å²) in [6, 6.07) is 13.2. The highest BCUT2D eigenvalue weighted by molar-refractivity contribution is 7.23. The Morgan fingerprint density at radius 1 is 1.22 bits per heavy atom. The molecule has 1 aliphatic rings. The van der Waals surface area contributed by atoms with Gasteiger partial charge in [0.05, 0.1) is 22.9 Å². The van der Waals surface area contributed by atoms with Gasteiger partial charge in [0.2, 0.25) is 0 Å². The molecule has 9 heteroatoms. The molecule has 0 unspecified atom stereocenters. The van der Waals surface area contributed by atoms with Crippen LogP contribution >= 0.6 is 46.7 Å². The second-order valence-corrected chi connectivity index (χ2v) is 10.1. The van der Waals surface area contributed by atoms with Crippen molar-refractivity contribution in [2.45, 2.75) is 13.0 Å². The third-order valence-corrected chi connectivity index (χ3v) is 7.81. The van der Waals surface area contributed by atoms with Crippen molar-refractivity contribution in [3.63, 3.8) is 0 Å². The maximum atomic E-state index is 13.2. The molecule has 0 atom stereocenters. The highest BCUT2D eigenvalue weighted by Gasteiger charge is 2.27. The number of para-hydroxylation sites is 1. The number of ether oxygens (including phenoxy) is 1. The van der Waals surface area contributed by atoms with Gasteiger partial charge in [-0.05, 0) is 49.4 Å². The average molecular weight is 506 g/mol. The van der Waals surface area contributed by atoms with Crippen molar-refractivity contribution < 1.29 is 9.53 Å². The SMILES string of the molecule is COc1ccc(Cl)cc1C(=O)Nc1sc2c(c1-c1nc3ccccc3s1)CCN(C)C2.Cl. The van der Waals surface area contributed by atoms with Gasteiger partial charge in [-0.25, -0.2) is 4.98 Å². The minimum atomic E-state index is -0.242. The number of benzene rings is 2. The van der Waals surface area contributed by atoms with E-state index in [4.69, 9.17) is 21.3 Å². The van der Waals surface area contributed by atoms with Crippen LogP contribution in [0.15, 0.2) is 42.5 Å². The van der Waals surface area contributed by atoms with E-state index in [2.05, 4.69) is 23.3 Å². The summed E-state index contributed by atoms with van der Waals surface area (Å²) in [5.41, 5.74) is 3.72. The van der Waals surface area contributed by atoms with Crippen LogP contribution in [0.2, 0.25) is 5.02 Å². The number of nitrogens with zero attached hydrogens (tertiary/aromatic N) is 2. The number of thiophene rings is 1. The van der Waals surface area contributed by atoms with E-state index in [-0.39, 0.29) is 18.3 Å². The number of hydrogen-bond acceptors (Lipinski definition) is 6. The van der Waals surface area contributed by atoms with Crippen LogP contribution in [0, 0.1) is 0 Å². The molecule has 1 N–H and O–H groups in total. The first-order valence-corrected chi connectivity index (χ1v) is 11.9. The minimum absolute atomic E-state index is 0. The molecule has 0 saturated heterocycles. The normalized spacial score (nSPS) is 13.5. The molecule has 0 spiro atoms. The predicted octanol–water partition coefficient (Wildman–Crippen LogP) is 6.35. The highest BCUT2D eigenvalue weighted by atomic mass is 35.5. The molecule has 3 heterocycles. The van der Waals surface area contributed by atoms with Crippen molar-refractivity contribution in [1.29, 1.82) is 0 Å². The summed E-state index contributed by atoms with van der Waals surface area (Å²) in [5, 5.41) is 5.39. The Kier molecular flexibility index (Phi) is 6.74. The Bertz CT molecular complexity index is 1270. The number of likely N-dealkylation sites (N-methyl/N-ethyl adjacent to an activating group) is 1. The number of carbonyl (C=O) groups excluding carboxylic acids is 1. The average Bonchev–Trinajstić information content (AvgIpc) is 3.33. The van der Waals surface area contributed by atoms with E-state index < -0.39 is 0 Å². The molecule has 1 amide bonds. The molecular weight excluding hydrogens is 485 g/mol. The fraction of sp³-hybridized carbons (Fsp3) is 0.217. The third-order valence-electron chi connectivity index (χ3n) is 5.39. The smallest absolute Gasteiger partial charge is 0.260 e. The number of thiazole rings is 1. The fourth-order valence-corrected chi connectivity index (χ4v) is 6.46. The van der Waals surface area contributed by atoms with E-state index in [1.807, 2.05) is 18.2 Å². The van der Waals surface area contributed by atoms with Crippen molar-refractivity contribution in [3.8, 4) is 16.3 Å². The van der Waals surface area contributed by atoms with Gasteiger partial charge >= 0.3 is 0 Å². The second kappa shape index (κ2) is 9.37. The molecule has 1 aliphatic heterocycles. The Labute approximate surface area is 205 Å². The molecule has 0 aliphatic carbocycles. The maximum Gasteiger partial charge on any atom is 0.260 e. The van der Waals surface area contributed by atoms with Crippen molar-refractivity contribution in [2.24, 2.45) is 0 Å². The van der Waals surface area contributed by atoms with Crippen LogP contribution in [0.5, 0.6) is 5.75 Å². The number of hydrogen-bond donors (Lipinski definition) is 1. The number of nitrogens with one attached hydrogen (secondary N) is 1. The van der Waals surface area contributed by atoms with Gasteiger partial charge in [0, 0.05) is 28.6 Å². The lowest BCUT2D eigenvalue weighted by Gasteiger charge is -2.22. The number of halogens is 2. The minimum Gasteiger partial charge on any atom is -0.496 e. The fourth-order valence-electron chi connectivity index (χ4n) is 3.85. The number of fused-ring (bicyclic) bond motifs is 2. The van der Waals surface area contributed by atoms with Gasteiger partial charge in [-0.15, -0.1) is 35.1 Å². The molecule has 0 radical (unpaired) electrons. The van der Waals surface area contributed by atoms with E-state index in [0.717, 1.165) is 45.3 Å². The Hall–Kier alpha value is -2.16. The van der Waals surface area contributed by atoms with Crippen molar-refractivity contribution in [3.05, 3.63) is 63.5 Å². The largest absolute Gasteiger partial charge is 0.496 e. The van der Waals surface area contributed by atoms with E-state index in [0.29, 0.717) is 16.3 Å². The summed E-state index contributed by atoms with van der Waals surface area (Å²) in [4.78, 5) is 21.7. The summed E-state index contributed by atoms with van der Waals surface area (Å²) in [5.74, 6) is 0.248. The third kappa shape index (κ3) is 4.23. The number of methoxy groups -OCH3 is 1. The molecule has 0 fully saturated rings. The van der Waals surface area contributed by atoms with Gasteiger partial charge in [-0.2, -0.15) is 0 Å². The summed E-state index contributed by atoms with van der Waals surface area (Å²) in [6.45, 7) is 1.85. The Morgan fingerprint density at radius 2 is 2.03 bits per heavy atom. The van der Waals surface area contributed by atoms with E-state index in [1.54, 1.807) is 48.0 Å². The van der Waals surface area contributed by atoms with Gasteiger partial charge in [-0.3, -0.25) is 4.79 Å². The maximum absolute atomic E-state index is 13.2. The zero-order chi connectivity index (χ0) is 21.5. The van der Waals surface area contributed by atoms with Crippen LogP contribution in [-0.4, -0.2) is 36.5 Å². The summed E-state index contributed by atoms with van der Waals surface area (Å²) in [7, 11) is 3.67. The molecule has 5 rings (SSSR count). The topological polar surface area (TPSA) is 54.5 Å². The van der Waals surface area contributed by atoms with E-state index in [9.17, 15) is 4.79 Å². The zero-order valence-corrected chi connectivity index (χ0v) is 20.7. The van der Waals surface area contributed by atoms with Crippen LogP contribution in [0.3, 0.4) is 0 Å². The second-order valence-electron chi connectivity index (χ2n) is 7.48. The lowest BCUT2D eigenvalue weighted by molar-refractivity contribution is 0.102. The van der Waals surface area contributed by atoms with Gasteiger partial charge in [0.1, 0.15) is 15.8 Å². The van der Waals surface area contributed by atoms with Gasteiger partial charge in [0.15, 0.2) is 0 Å².